The van der Waals surface area contributed by atoms with E-state index in [9.17, 15) is 26.4 Å². The molecule has 16 heavy (non-hydrogen) atoms. The van der Waals surface area contributed by atoms with Gasteiger partial charge in [-0.15, -0.1) is 0 Å². The van der Waals surface area contributed by atoms with E-state index >= 15 is 0 Å². The van der Waals surface area contributed by atoms with Gasteiger partial charge >= 0.3 is 21.5 Å². The van der Waals surface area contributed by atoms with Crippen LogP contribution in [0.5, 0.6) is 0 Å². The van der Waals surface area contributed by atoms with E-state index < -0.39 is 34.1 Å². The lowest BCUT2D eigenvalue weighted by Crippen LogP contribution is -2.53. The molecule has 1 heterocycles. The first-order chi connectivity index (χ1) is 7.18. The third-order valence-electron chi connectivity index (χ3n) is 1.97. The molecule has 0 aromatic heterocycles. The number of sulfonamides is 1. The minimum Gasteiger partial charge on any atom is -0.480 e. The summed E-state index contributed by atoms with van der Waals surface area (Å²) in [6, 6.07) is -1.65. The average Bonchev–Trinajstić information content (AvgIpc) is 2.16. The molecule has 0 radical (unpaired) electrons. The minimum atomic E-state index is -5.55. The van der Waals surface area contributed by atoms with E-state index in [-0.39, 0.29) is 15.8 Å². The van der Waals surface area contributed by atoms with Crippen LogP contribution in [-0.2, 0) is 14.8 Å². The highest BCUT2D eigenvalue weighted by Crippen LogP contribution is 2.31. The number of carboxylic acids is 1. The van der Waals surface area contributed by atoms with Crippen LogP contribution < -0.4 is 0 Å². The van der Waals surface area contributed by atoms with Gasteiger partial charge in [-0.1, -0.05) is 0 Å². The Morgan fingerprint density at radius 3 is 2.44 bits per heavy atom. The van der Waals surface area contributed by atoms with E-state index in [1.807, 2.05) is 0 Å². The number of halogens is 3. The van der Waals surface area contributed by atoms with Crippen molar-refractivity contribution in [2.75, 3.05) is 18.1 Å². The van der Waals surface area contributed by atoms with E-state index in [1.54, 1.807) is 0 Å². The van der Waals surface area contributed by atoms with Crippen LogP contribution in [0.4, 0.5) is 13.2 Å². The maximum absolute atomic E-state index is 12.2. The summed E-state index contributed by atoms with van der Waals surface area (Å²) in [7, 11) is -5.55. The van der Waals surface area contributed by atoms with E-state index in [0.717, 1.165) is 11.8 Å². The summed E-state index contributed by atoms with van der Waals surface area (Å²) in [5, 5.41) is 8.65. The molecule has 94 valence electrons. The molecule has 0 aromatic carbocycles. The highest BCUT2D eigenvalue weighted by molar-refractivity contribution is 7.99. The van der Waals surface area contributed by atoms with Crippen molar-refractivity contribution in [1.29, 1.82) is 0 Å². The quantitative estimate of drug-likeness (QED) is 0.789. The van der Waals surface area contributed by atoms with Gasteiger partial charge in [0.15, 0.2) is 0 Å². The fourth-order valence-corrected chi connectivity index (χ4v) is 3.55. The molecule has 0 bridgehead atoms. The predicted octanol–water partition coefficient (Wildman–Crippen LogP) is 0.338. The lowest BCUT2D eigenvalue weighted by molar-refractivity contribution is -0.141. The van der Waals surface area contributed by atoms with Crippen molar-refractivity contribution in [3.8, 4) is 0 Å². The van der Waals surface area contributed by atoms with Crippen LogP contribution in [0.2, 0.25) is 0 Å². The monoisotopic (exact) mass is 279 g/mol. The van der Waals surface area contributed by atoms with Crippen molar-refractivity contribution < 1.29 is 31.5 Å². The van der Waals surface area contributed by atoms with Crippen LogP contribution in [0.15, 0.2) is 0 Å². The molecule has 10 heteroatoms. The maximum atomic E-state index is 12.2. The lowest BCUT2D eigenvalue weighted by Gasteiger charge is -2.31. The summed E-state index contributed by atoms with van der Waals surface area (Å²) in [5.41, 5.74) is -5.46. The fourth-order valence-electron chi connectivity index (χ4n) is 1.20. The fraction of sp³-hybridized carbons (Fsp3) is 0.833. The van der Waals surface area contributed by atoms with Crippen LogP contribution in [0, 0.1) is 0 Å². The average molecular weight is 279 g/mol. The number of carbonyl (C=O) groups is 1. The molecule has 0 aromatic rings. The first-order valence-electron chi connectivity index (χ1n) is 4.06. The molecule has 1 atom stereocenters. The maximum Gasteiger partial charge on any atom is 0.511 e. The standard InChI is InChI=1S/C6H8F3NO4S2/c7-6(8,9)16(13,14)10-1-2-15-3-4(10)5(11)12/h4H,1-3H2,(H,11,12). The highest BCUT2D eigenvalue weighted by atomic mass is 32.2. The Bertz CT molecular complexity index is 380. The SMILES string of the molecule is O=C(O)C1CSCCN1S(=O)(=O)C(F)(F)F. The molecular weight excluding hydrogens is 271 g/mol. The number of rotatable bonds is 2. The lowest BCUT2D eigenvalue weighted by atomic mass is 10.3. The number of thioether (sulfide) groups is 1. The molecule has 0 aliphatic carbocycles. The third kappa shape index (κ3) is 2.43. The Morgan fingerprint density at radius 2 is 2.00 bits per heavy atom. The number of hydrogen-bond acceptors (Lipinski definition) is 4. The molecule has 1 unspecified atom stereocenters. The zero-order chi connectivity index (χ0) is 12.6. The van der Waals surface area contributed by atoms with Gasteiger partial charge < -0.3 is 5.11 Å². The summed E-state index contributed by atoms with van der Waals surface area (Å²) < 4.78 is 58.8. The Labute approximate surface area is 93.7 Å². The largest absolute Gasteiger partial charge is 0.511 e. The number of hydrogen-bond donors (Lipinski definition) is 1. The van der Waals surface area contributed by atoms with Crippen molar-refractivity contribution in [2.45, 2.75) is 11.6 Å². The van der Waals surface area contributed by atoms with Crippen LogP contribution in [0.25, 0.3) is 0 Å². The number of aliphatic carboxylic acids is 1. The van der Waals surface area contributed by atoms with Gasteiger partial charge in [0.2, 0.25) is 0 Å². The van der Waals surface area contributed by atoms with Crippen LogP contribution in [0.1, 0.15) is 0 Å². The van der Waals surface area contributed by atoms with Crippen molar-refractivity contribution >= 4 is 27.8 Å². The molecule has 0 spiro atoms. The van der Waals surface area contributed by atoms with Gasteiger partial charge in [-0.25, -0.2) is 8.42 Å². The van der Waals surface area contributed by atoms with Crippen molar-refractivity contribution in [1.82, 2.24) is 4.31 Å². The zero-order valence-corrected chi connectivity index (χ0v) is 9.40. The molecular formula is C6H8F3NO4S2. The normalized spacial score (nSPS) is 24.3. The Balaban J connectivity index is 3.05. The molecule has 1 aliphatic heterocycles. The molecule has 1 saturated heterocycles. The van der Waals surface area contributed by atoms with Crippen molar-refractivity contribution in [2.24, 2.45) is 0 Å². The number of alkyl halides is 3. The van der Waals surface area contributed by atoms with Gasteiger partial charge in [-0.2, -0.15) is 29.2 Å². The molecule has 1 N–H and O–H groups in total. The molecule has 0 amide bonds. The predicted molar refractivity (Wildman–Crippen MR) is 50.4 cm³/mol. The number of carboxylic acid groups (broad SMARTS) is 1. The second kappa shape index (κ2) is 4.41. The first-order valence-corrected chi connectivity index (χ1v) is 6.66. The molecule has 5 nitrogen and oxygen atoms in total. The topological polar surface area (TPSA) is 74.7 Å². The first kappa shape index (κ1) is 13.6. The van der Waals surface area contributed by atoms with Crippen LogP contribution in [-0.4, -0.2) is 53.4 Å². The molecule has 1 aliphatic rings. The van der Waals surface area contributed by atoms with Gasteiger partial charge in [-0.05, 0) is 0 Å². The smallest absolute Gasteiger partial charge is 0.480 e. The van der Waals surface area contributed by atoms with E-state index in [4.69, 9.17) is 5.11 Å². The van der Waals surface area contributed by atoms with Crippen LogP contribution >= 0.6 is 11.8 Å². The van der Waals surface area contributed by atoms with Gasteiger partial charge in [0.25, 0.3) is 0 Å². The van der Waals surface area contributed by atoms with Gasteiger partial charge in [0.1, 0.15) is 6.04 Å². The van der Waals surface area contributed by atoms with E-state index in [0.29, 0.717) is 0 Å². The van der Waals surface area contributed by atoms with Gasteiger partial charge in [0, 0.05) is 18.1 Å². The Morgan fingerprint density at radius 1 is 1.44 bits per heavy atom. The second-order valence-electron chi connectivity index (χ2n) is 2.99. The van der Waals surface area contributed by atoms with Crippen LogP contribution in [0.3, 0.4) is 0 Å². The molecule has 0 saturated carbocycles. The number of nitrogens with zero attached hydrogens (tertiary/aromatic N) is 1. The minimum absolute atomic E-state index is 0.00579. The highest BCUT2D eigenvalue weighted by Gasteiger charge is 2.53. The second-order valence-corrected chi connectivity index (χ2v) is 6.02. The van der Waals surface area contributed by atoms with E-state index in [1.165, 1.54) is 0 Å². The summed E-state index contributed by atoms with van der Waals surface area (Å²) in [4.78, 5) is 10.7. The van der Waals surface area contributed by atoms with Crippen molar-refractivity contribution in [3.05, 3.63) is 0 Å². The van der Waals surface area contributed by atoms with Gasteiger partial charge in [-0.3, -0.25) is 4.79 Å². The summed E-state index contributed by atoms with van der Waals surface area (Å²) in [6.07, 6.45) is 0. The zero-order valence-electron chi connectivity index (χ0n) is 7.77. The third-order valence-corrected chi connectivity index (χ3v) is 4.63. The van der Waals surface area contributed by atoms with E-state index in [2.05, 4.69) is 0 Å². The summed E-state index contributed by atoms with van der Waals surface area (Å²) in [5.74, 6) is -1.59. The Kier molecular flexibility index (Phi) is 3.75. The van der Waals surface area contributed by atoms with Crippen molar-refractivity contribution in [3.63, 3.8) is 0 Å². The Hall–Kier alpha value is -0.480. The summed E-state index contributed by atoms with van der Waals surface area (Å²) >= 11 is 1.11. The molecule has 1 rings (SSSR count). The van der Waals surface area contributed by atoms with Gasteiger partial charge in [0.05, 0.1) is 0 Å². The summed E-state index contributed by atoms with van der Waals surface area (Å²) in [6.45, 7) is -0.441. The molecule has 1 fully saturated rings.